The van der Waals surface area contributed by atoms with Gasteiger partial charge in [-0.25, -0.2) is 0 Å². The van der Waals surface area contributed by atoms with Crippen LogP contribution in [0.25, 0.3) is 0 Å². The number of benzene rings is 1. The summed E-state index contributed by atoms with van der Waals surface area (Å²) in [6, 6.07) is 5.61. The lowest BCUT2D eigenvalue weighted by molar-refractivity contribution is -0.119. The van der Waals surface area contributed by atoms with E-state index in [1.54, 1.807) is 12.1 Å². The van der Waals surface area contributed by atoms with Crippen LogP contribution in [0.1, 0.15) is 19.4 Å². The number of rotatable bonds is 5. The molecule has 0 unspecified atom stereocenters. The summed E-state index contributed by atoms with van der Waals surface area (Å²) in [6.07, 6.45) is -4.20. The molecule has 1 rings (SSSR count). The Kier molecular flexibility index (Phi) is 5.67. The van der Waals surface area contributed by atoms with Crippen LogP contribution in [-0.2, 0) is 6.54 Å². The number of nitrogens with one attached hydrogen (secondary N) is 1. The fraction of sp³-hybridized carbons (Fsp3) is 0.538. The zero-order valence-electron chi connectivity index (χ0n) is 11.2. The minimum Gasteiger partial charge on any atom is -0.366 e. The van der Waals surface area contributed by atoms with E-state index in [0.29, 0.717) is 18.3 Å². The van der Waals surface area contributed by atoms with Gasteiger partial charge in [-0.1, -0.05) is 35.8 Å². The predicted octanol–water partition coefficient (Wildman–Crippen LogP) is 3.95. The fourth-order valence-electron chi connectivity index (χ4n) is 1.59. The number of hydrogen-bond acceptors (Lipinski definition) is 2. The van der Waals surface area contributed by atoms with E-state index in [4.69, 9.17) is 0 Å². The molecule has 19 heavy (non-hydrogen) atoms. The molecule has 0 atom stereocenters. The van der Waals surface area contributed by atoms with Gasteiger partial charge in [0.1, 0.15) is 6.54 Å². The van der Waals surface area contributed by atoms with E-state index in [0.717, 1.165) is 10.0 Å². The topological polar surface area (TPSA) is 15.3 Å². The Morgan fingerprint density at radius 3 is 2.42 bits per heavy atom. The molecule has 0 aliphatic heterocycles. The highest BCUT2D eigenvalue weighted by Crippen LogP contribution is 2.26. The lowest BCUT2D eigenvalue weighted by Crippen LogP contribution is -2.30. The first-order valence-corrected chi connectivity index (χ1v) is 6.78. The average Bonchev–Trinajstić information content (AvgIpc) is 2.24. The summed E-state index contributed by atoms with van der Waals surface area (Å²) in [4.78, 5) is 1.18. The van der Waals surface area contributed by atoms with Crippen LogP contribution in [0, 0.1) is 0 Å². The third-order valence-electron chi connectivity index (χ3n) is 2.59. The first kappa shape index (κ1) is 16.3. The third-order valence-corrected chi connectivity index (χ3v) is 3.33. The standard InChI is InChI=1S/C13H18BrF3N2/c1-9(2)18-7-10-4-5-11(6-12(10)14)19(3)8-13(15,16)17/h4-6,9,18H,7-8H2,1-3H3. The van der Waals surface area contributed by atoms with Crippen molar-refractivity contribution in [2.24, 2.45) is 0 Å². The second kappa shape index (κ2) is 6.61. The summed E-state index contributed by atoms with van der Waals surface area (Å²) >= 11 is 3.40. The van der Waals surface area contributed by atoms with E-state index < -0.39 is 12.7 Å². The molecule has 0 fully saturated rings. The number of anilines is 1. The van der Waals surface area contributed by atoms with Crippen LogP contribution in [0.4, 0.5) is 18.9 Å². The molecule has 0 heterocycles. The highest BCUT2D eigenvalue weighted by Gasteiger charge is 2.29. The van der Waals surface area contributed by atoms with Crippen molar-refractivity contribution in [2.75, 3.05) is 18.5 Å². The van der Waals surface area contributed by atoms with Crippen molar-refractivity contribution < 1.29 is 13.2 Å². The largest absolute Gasteiger partial charge is 0.405 e. The van der Waals surface area contributed by atoms with Crippen molar-refractivity contribution in [3.05, 3.63) is 28.2 Å². The Bertz CT molecular complexity index is 419. The SMILES string of the molecule is CC(C)NCc1ccc(N(C)CC(F)(F)F)cc1Br. The summed E-state index contributed by atoms with van der Waals surface area (Å²) in [7, 11) is 1.43. The van der Waals surface area contributed by atoms with Gasteiger partial charge in [0, 0.05) is 29.8 Å². The number of hydrogen-bond donors (Lipinski definition) is 1. The van der Waals surface area contributed by atoms with Crippen LogP contribution in [0.3, 0.4) is 0 Å². The molecule has 108 valence electrons. The average molecular weight is 339 g/mol. The van der Waals surface area contributed by atoms with E-state index in [-0.39, 0.29) is 0 Å². The fourth-order valence-corrected chi connectivity index (χ4v) is 2.10. The molecular weight excluding hydrogens is 321 g/mol. The Morgan fingerprint density at radius 2 is 1.95 bits per heavy atom. The van der Waals surface area contributed by atoms with Crippen LogP contribution < -0.4 is 10.2 Å². The lowest BCUT2D eigenvalue weighted by atomic mass is 10.2. The first-order valence-electron chi connectivity index (χ1n) is 5.99. The zero-order chi connectivity index (χ0) is 14.6. The first-order chi connectivity index (χ1) is 8.69. The third kappa shape index (κ3) is 5.82. The summed E-state index contributed by atoms with van der Waals surface area (Å²) in [5.74, 6) is 0. The van der Waals surface area contributed by atoms with E-state index in [1.807, 2.05) is 19.9 Å². The maximum atomic E-state index is 12.3. The molecule has 0 radical (unpaired) electrons. The van der Waals surface area contributed by atoms with Crippen LogP contribution in [-0.4, -0.2) is 25.8 Å². The Labute approximate surface area is 120 Å². The van der Waals surface area contributed by atoms with Gasteiger partial charge in [0.25, 0.3) is 0 Å². The monoisotopic (exact) mass is 338 g/mol. The van der Waals surface area contributed by atoms with E-state index >= 15 is 0 Å². The van der Waals surface area contributed by atoms with Crippen molar-refractivity contribution in [3.8, 4) is 0 Å². The van der Waals surface area contributed by atoms with Gasteiger partial charge in [-0.3, -0.25) is 0 Å². The van der Waals surface area contributed by atoms with Gasteiger partial charge >= 0.3 is 6.18 Å². The molecule has 0 saturated carbocycles. The Morgan fingerprint density at radius 1 is 1.32 bits per heavy atom. The van der Waals surface area contributed by atoms with Crippen LogP contribution >= 0.6 is 15.9 Å². The highest BCUT2D eigenvalue weighted by atomic mass is 79.9. The second-order valence-corrected chi connectivity index (χ2v) is 5.64. The summed E-state index contributed by atoms with van der Waals surface area (Å²) in [6.45, 7) is 3.81. The normalized spacial score (nSPS) is 12.0. The number of alkyl halides is 3. The van der Waals surface area contributed by atoms with Crippen LogP contribution in [0.5, 0.6) is 0 Å². The van der Waals surface area contributed by atoms with Gasteiger partial charge in [0.05, 0.1) is 0 Å². The van der Waals surface area contributed by atoms with Crippen molar-refractivity contribution in [3.63, 3.8) is 0 Å². The Hall–Kier alpha value is -0.750. The molecule has 0 aliphatic rings. The van der Waals surface area contributed by atoms with Crippen molar-refractivity contribution in [1.29, 1.82) is 0 Å². The van der Waals surface area contributed by atoms with Gasteiger partial charge in [-0.15, -0.1) is 0 Å². The van der Waals surface area contributed by atoms with Gasteiger partial charge in [0.15, 0.2) is 0 Å². The summed E-state index contributed by atoms with van der Waals surface area (Å²) < 4.78 is 37.8. The minimum absolute atomic E-state index is 0.361. The zero-order valence-corrected chi connectivity index (χ0v) is 12.8. The molecule has 0 aliphatic carbocycles. The molecule has 0 aromatic heterocycles. The van der Waals surface area contributed by atoms with Crippen molar-refractivity contribution >= 4 is 21.6 Å². The number of halogens is 4. The molecule has 1 aromatic carbocycles. The van der Waals surface area contributed by atoms with Crippen molar-refractivity contribution in [2.45, 2.75) is 32.6 Å². The van der Waals surface area contributed by atoms with Gasteiger partial charge in [-0.05, 0) is 17.7 Å². The molecule has 0 spiro atoms. The molecule has 2 nitrogen and oxygen atoms in total. The molecule has 0 saturated heterocycles. The molecule has 1 N–H and O–H groups in total. The second-order valence-electron chi connectivity index (χ2n) is 4.78. The summed E-state index contributed by atoms with van der Waals surface area (Å²) in [5, 5.41) is 3.27. The minimum atomic E-state index is -4.20. The molecule has 6 heteroatoms. The highest BCUT2D eigenvalue weighted by molar-refractivity contribution is 9.10. The van der Waals surface area contributed by atoms with Crippen LogP contribution in [0.15, 0.2) is 22.7 Å². The molecule has 0 amide bonds. The molecular formula is C13H18BrF3N2. The quantitative estimate of drug-likeness (QED) is 0.874. The Balaban J connectivity index is 2.76. The van der Waals surface area contributed by atoms with E-state index in [2.05, 4.69) is 21.2 Å². The molecule has 1 aromatic rings. The maximum Gasteiger partial charge on any atom is 0.405 e. The van der Waals surface area contributed by atoms with Crippen molar-refractivity contribution in [1.82, 2.24) is 5.32 Å². The van der Waals surface area contributed by atoms with Gasteiger partial charge < -0.3 is 10.2 Å². The van der Waals surface area contributed by atoms with Gasteiger partial charge in [0.2, 0.25) is 0 Å². The summed E-state index contributed by atoms with van der Waals surface area (Å²) in [5.41, 5.74) is 1.57. The van der Waals surface area contributed by atoms with Crippen LogP contribution in [0.2, 0.25) is 0 Å². The maximum absolute atomic E-state index is 12.3. The van der Waals surface area contributed by atoms with E-state index in [9.17, 15) is 13.2 Å². The van der Waals surface area contributed by atoms with E-state index in [1.165, 1.54) is 11.9 Å². The van der Waals surface area contributed by atoms with Gasteiger partial charge in [-0.2, -0.15) is 13.2 Å². The smallest absolute Gasteiger partial charge is 0.366 e. The lowest BCUT2D eigenvalue weighted by Gasteiger charge is -2.22. The molecule has 0 bridgehead atoms. The number of nitrogens with zero attached hydrogens (tertiary/aromatic N) is 1. The predicted molar refractivity (Wildman–Crippen MR) is 75.4 cm³/mol.